The van der Waals surface area contributed by atoms with Crippen LogP contribution in [0.5, 0.6) is 5.75 Å². The average molecular weight is 228 g/mol. The minimum atomic E-state index is 0.252. The van der Waals surface area contributed by atoms with Gasteiger partial charge in [0, 0.05) is 11.8 Å². The van der Waals surface area contributed by atoms with Gasteiger partial charge >= 0.3 is 0 Å². The van der Waals surface area contributed by atoms with E-state index in [0.717, 1.165) is 11.3 Å². The van der Waals surface area contributed by atoms with Crippen molar-refractivity contribution in [2.24, 2.45) is 0 Å². The average Bonchev–Trinajstić information content (AvgIpc) is 2.70. The highest BCUT2D eigenvalue weighted by Crippen LogP contribution is 2.19. The first-order valence-electron chi connectivity index (χ1n) is 5.09. The van der Waals surface area contributed by atoms with Crippen LogP contribution in [0.1, 0.15) is 11.1 Å². The molecule has 0 fully saturated rings. The first-order chi connectivity index (χ1) is 8.24. The van der Waals surface area contributed by atoms with Gasteiger partial charge < -0.3 is 10.5 Å². The number of rotatable bonds is 3. The van der Waals surface area contributed by atoms with Gasteiger partial charge in [0.1, 0.15) is 17.4 Å². The third-order valence-corrected chi connectivity index (χ3v) is 2.44. The molecule has 1 aromatic carbocycles. The maximum atomic E-state index is 8.79. The summed E-state index contributed by atoms with van der Waals surface area (Å²) < 4.78 is 6.87. The number of methoxy groups -OCH3 is 1. The molecule has 0 saturated carbocycles. The standard InChI is InChI=1S/C12H12N4O/c1-17-11-5-3-2-4-9(11)7-16-8-10(6-13)12(14)15-16/h2-5,8H,7H2,1H3,(H2,14,15). The van der Waals surface area contributed by atoms with Crippen molar-refractivity contribution >= 4 is 5.82 Å². The Morgan fingerprint density at radius 3 is 2.88 bits per heavy atom. The Morgan fingerprint density at radius 2 is 2.24 bits per heavy atom. The number of benzene rings is 1. The van der Waals surface area contributed by atoms with Crippen LogP contribution in [0.15, 0.2) is 30.5 Å². The molecule has 0 aliphatic heterocycles. The fraction of sp³-hybridized carbons (Fsp3) is 0.167. The van der Waals surface area contributed by atoms with E-state index in [9.17, 15) is 0 Å². The molecule has 0 unspecified atom stereocenters. The number of nitrogens with zero attached hydrogens (tertiary/aromatic N) is 3. The van der Waals surface area contributed by atoms with Gasteiger partial charge in [-0.3, -0.25) is 4.68 Å². The van der Waals surface area contributed by atoms with E-state index in [1.165, 1.54) is 0 Å². The van der Waals surface area contributed by atoms with Gasteiger partial charge in [-0.05, 0) is 6.07 Å². The molecule has 0 atom stereocenters. The molecular formula is C12H12N4O. The summed E-state index contributed by atoms with van der Waals surface area (Å²) in [5.74, 6) is 1.04. The Kier molecular flexibility index (Phi) is 2.97. The third kappa shape index (κ3) is 2.21. The van der Waals surface area contributed by atoms with Gasteiger partial charge in [-0.1, -0.05) is 18.2 Å². The van der Waals surface area contributed by atoms with Crippen molar-refractivity contribution in [3.63, 3.8) is 0 Å². The minimum absolute atomic E-state index is 0.252. The van der Waals surface area contributed by atoms with Crippen molar-refractivity contribution in [2.75, 3.05) is 12.8 Å². The highest BCUT2D eigenvalue weighted by molar-refractivity contribution is 5.46. The van der Waals surface area contributed by atoms with E-state index >= 15 is 0 Å². The van der Waals surface area contributed by atoms with Crippen molar-refractivity contribution in [1.82, 2.24) is 9.78 Å². The molecule has 0 bridgehead atoms. The molecule has 0 radical (unpaired) electrons. The van der Waals surface area contributed by atoms with Crippen LogP contribution in [0.4, 0.5) is 5.82 Å². The fourth-order valence-corrected chi connectivity index (χ4v) is 1.61. The highest BCUT2D eigenvalue weighted by atomic mass is 16.5. The molecule has 0 spiro atoms. The maximum Gasteiger partial charge on any atom is 0.163 e. The van der Waals surface area contributed by atoms with E-state index in [2.05, 4.69) is 5.10 Å². The Hall–Kier alpha value is -2.48. The fourth-order valence-electron chi connectivity index (χ4n) is 1.61. The smallest absolute Gasteiger partial charge is 0.163 e. The number of anilines is 1. The number of nitrogen functional groups attached to an aromatic ring is 1. The van der Waals surface area contributed by atoms with E-state index < -0.39 is 0 Å². The predicted molar refractivity (Wildman–Crippen MR) is 63.5 cm³/mol. The topological polar surface area (TPSA) is 76.9 Å². The number of nitriles is 1. The van der Waals surface area contributed by atoms with Gasteiger partial charge in [-0.15, -0.1) is 0 Å². The normalized spacial score (nSPS) is 9.88. The number of ether oxygens (including phenoxy) is 1. The Balaban J connectivity index is 2.29. The summed E-state index contributed by atoms with van der Waals surface area (Å²) in [6, 6.07) is 9.65. The number of hydrogen-bond acceptors (Lipinski definition) is 4. The maximum absolute atomic E-state index is 8.79. The SMILES string of the molecule is COc1ccccc1Cn1cc(C#N)c(N)n1. The lowest BCUT2D eigenvalue weighted by molar-refractivity contribution is 0.407. The van der Waals surface area contributed by atoms with Gasteiger partial charge in [0.25, 0.3) is 0 Å². The predicted octanol–water partition coefficient (Wildman–Crippen LogP) is 1.39. The molecule has 1 heterocycles. The van der Waals surface area contributed by atoms with Crippen LogP contribution in [-0.4, -0.2) is 16.9 Å². The van der Waals surface area contributed by atoms with Crippen LogP contribution in [0.25, 0.3) is 0 Å². The number of aromatic nitrogens is 2. The van der Waals surface area contributed by atoms with E-state index in [0.29, 0.717) is 12.1 Å². The molecule has 0 amide bonds. The lowest BCUT2D eigenvalue weighted by Gasteiger charge is -2.07. The molecule has 17 heavy (non-hydrogen) atoms. The molecule has 5 heteroatoms. The largest absolute Gasteiger partial charge is 0.496 e. The number of nitrogens with two attached hydrogens (primary N) is 1. The van der Waals surface area contributed by atoms with Crippen LogP contribution in [0, 0.1) is 11.3 Å². The van der Waals surface area contributed by atoms with Crippen molar-refractivity contribution < 1.29 is 4.74 Å². The van der Waals surface area contributed by atoms with Crippen LogP contribution in [-0.2, 0) is 6.54 Å². The Morgan fingerprint density at radius 1 is 1.47 bits per heavy atom. The second kappa shape index (κ2) is 4.58. The first-order valence-corrected chi connectivity index (χ1v) is 5.09. The molecule has 0 aliphatic carbocycles. The molecular weight excluding hydrogens is 216 g/mol. The summed E-state index contributed by atoms with van der Waals surface area (Å²) in [4.78, 5) is 0. The van der Waals surface area contributed by atoms with Gasteiger partial charge in [-0.25, -0.2) is 0 Å². The zero-order chi connectivity index (χ0) is 12.3. The highest BCUT2D eigenvalue weighted by Gasteiger charge is 2.07. The lowest BCUT2D eigenvalue weighted by atomic mass is 10.2. The molecule has 2 aromatic rings. The van der Waals surface area contributed by atoms with Gasteiger partial charge in [0.2, 0.25) is 0 Å². The van der Waals surface area contributed by atoms with Gasteiger partial charge in [0.15, 0.2) is 5.82 Å². The van der Waals surface area contributed by atoms with E-state index in [-0.39, 0.29) is 5.82 Å². The zero-order valence-corrected chi connectivity index (χ0v) is 9.42. The summed E-state index contributed by atoms with van der Waals surface area (Å²) >= 11 is 0. The van der Waals surface area contributed by atoms with E-state index in [1.54, 1.807) is 18.0 Å². The second-order valence-electron chi connectivity index (χ2n) is 3.55. The molecule has 1 aromatic heterocycles. The molecule has 5 nitrogen and oxygen atoms in total. The molecule has 2 N–H and O–H groups in total. The molecule has 2 rings (SSSR count). The summed E-state index contributed by atoms with van der Waals surface area (Å²) in [6.45, 7) is 0.524. The summed E-state index contributed by atoms with van der Waals surface area (Å²) in [7, 11) is 1.62. The lowest BCUT2D eigenvalue weighted by Crippen LogP contribution is -2.02. The van der Waals surface area contributed by atoms with Crippen molar-refractivity contribution in [1.29, 1.82) is 5.26 Å². The van der Waals surface area contributed by atoms with Crippen molar-refractivity contribution in [2.45, 2.75) is 6.54 Å². The van der Waals surface area contributed by atoms with Crippen molar-refractivity contribution in [3.05, 3.63) is 41.6 Å². The van der Waals surface area contributed by atoms with Crippen LogP contribution >= 0.6 is 0 Å². The zero-order valence-electron chi connectivity index (χ0n) is 9.42. The van der Waals surface area contributed by atoms with Crippen LogP contribution in [0.2, 0.25) is 0 Å². The molecule has 0 saturated heterocycles. The Labute approximate surface area is 99.0 Å². The Bertz CT molecular complexity index is 568. The van der Waals surface area contributed by atoms with Gasteiger partial charge in [0.05, 0.1) is 13.7 Å². The van der Waals surface area contributed by atoms with Crippen LogP contribution < -0.4 is 10.5 Å². The van der Waals surface area contributed by atoms with Crippen molar-refractivity contribution in [3.8, 4) is 11.8 Å². The van der Waals surface area contributed by atoms with Gasteiger partial charge in [-0.2, -0.15) is 10.4 Å². The quantitative estimate of drug-likeness (QED) is 0.861. The molecule has 0 aliphatic rings. The molecule has 86 valence electrons. The van der Waals surface area contributed by atoms with E-state index in [1.807, 2.05) is 30.3 Å². The monoisotopic (exact) mass is 228 g/mol. The number of hydrogen-bond donors (Lipinski definition) is 1. The first kappa shape index (κ1) is 11.0. The third-order valence-electron chi connectivity index (χ3n) is 2.44. The summed E-state index contributed by atoms with van der Waals surface area (Å²) in [6.07, 6.45) is 1.63. The second-order valence-corrected chi connectivity index (χ2v) is 3.55. The number of para-hydroxylation sites is 1. The summed E-state index contributed by atoms with van der Waals surface area (Å²) in [5, 5.41) is 12.9. The summed E-state index contributed by atoms with van der Waals surface area (Å²) in [5.41, 5.74) is 6.97. The minimum Gasteiger partial charge on any atom is -0.496 e. The van der Waals surface area contributed by atoms with E-state index in [4.69, 9.17) is 15.7 Å². The van der Waals surface area contributed by atoms with Crippen LogP contribution in [0.3, 0.4) is 0 Å².